The van der Waals surface area contributed by atoms with E-state index in [4.69, 9.17) is 0 Å². The predicted octanol–water partition coefficient (Wildman–Crippen LogP) is 2.32. The van der Waals surface area contributed by atoms with E-state index in [0.717, 1.165) is 61.8 Å². The summed E-state index contributed by atoms with van der Waals surface area (Å²) in [6.45, 7) is 9.18. The van der Waals surface area contributed by atoms with Crippen molar-refractivity contribution in [2.75, 3.05) is 37.6 Å². The molecule has 0 saturated carbocycles. The van der Waals surface area contributed by atoms with E-state index in [1.54, 1.807) is 0 Å². The van der Waals surface area contributed by atoms with Crippen LogP contribution in [0.2, 0.25) is 0 Å². The molecule has 1 amide bonds. The number of anilines is 1. The molecule has 0 aliphatic carbocycles. The number of nitrogens with zero attached hydrogens (tertiary/aromatic N) is 5. The van der Waals surface area contributed by atoms with Crippen molar-refractivity contribution in [3.8, 4) is 0 Å². The number of piperazine rings is 1. The summed E-state index contributed by atoms with van der Waals surface area (Å²) in [5.41, 5.74) is 1.96. The number of benzene rings is 1. The molecule has 2 aromatic heterocycles. The van der Waals surface area contributed by atoms with Crippen LogP contribution in [0, 0.1) is 0 Å². The monoisotopic (exact) mass is 406 g/mol. The molecule has 0 spiro atoms. The maximum Gasteiger partial charge on any atom is 0.240 e. The number of para-hydroxylation sites is 2. The Morgan fingerprint density at radius 1 is 1.10 bits per heavy atom. The van der Waals surface area contributed by atoms with Crippen molar-refractivity contribution in [2.24, 2.45) is 0 Å². The molecule has 0 bridgehead atoms. The Morgan fingerprint density at radius 2 is 1.87 bits per heavy atom. The smallest absolute Gasteiger partial charge is 0.240 e. The van der Waals surface area contributed by atoms with Gasteiger partial charge in [-0.2, -0.15) is 0 Å². The fourth-order valence-corrected chi connectivity index (χ4v) is 4.17. The van der Waals surface area contributed by atoms with Crippen LogP contribution in [0.1, 0.15) is 19.7 Å². The summed E-state index contributed by atoms with van der Waals surface area (Å²) < 4.78 is 2.03. The molecule has 1 unspecified atom stereocenters. The normalized spacial score (nSPS) is 16.0. The predicted molar refractivity (Wildman–Crippen MR) is 120 cm³/mol. The second kappa shape index (κ2) is 9.26. The largest absolute Gasteiger partial charge is 0.354 e. The minimum atomic E-state index is 0.0347. The molecule has 1 aliphatic heterocycles. The average molecular weight is 407 g/mol. The van der Waals surface area contributed by atoms with Gasteiger partial charge in [-0.1, -0.05) is 25.1 Å². The lowest BCUT2D eigenvalue weighted by Gasteiger charge is -2.36. The van der Waals surface area contributed by atoms with Crippen LogP contribution >= 0.6 is 0 Å². The number of fused-ring (bicyclic) bond motifs is 1. The molecule has 158 valence electrons. The first-order chi connectivity index (χ1) is 14.6. The Morgan fingerprint density at radius 3 is 2.60 bits per heavy atom. The van der Waals surface area contributed by atoms with Crippen LogP contribution in [0.15, 0.2) is 48.7 Å². The Balaban J connectivity index is 1.29. The SMILES string of the molecule is CCc1nc2ccccc2n1CC(=O)NC(C)CN1CCN(c2ccccn2)CC1. The fourth-order valence-electron chi connectivity index (χ4n) is 4.17. The number of aromatic nitrogens is 3. The van der Waals surface area contributed by atoms with Gasteiger partial charge in [-0.15, -0.1) is 0 Å². The van der Waals surface area contributed by atoms with Gasteiger partial charge in [0.2, 0.25) is 5.91 Å². The van der Waals surface area contributed by atoms with E-state index in [2.05, 4.69) is 45.0 Å². The zero-order valence-electron chi connectivity index (χ0n) is 17.8. The van der Waals surface area contributed by atoms with Crippen molar-refractivity contribution in [3.05, 3.63) is 54.5 Å². The highest BCUT2D eigenvalue weighted by Crippen LogP contribution is 2.16. The first-order valence-electron chi connectivity index (χ1n) is 10.8. The number of aryl methyl sites for hydroxylation is 1. The molecule has 1 aromatic carbocycles. The Kier molecular flexibility index (Phi) is 6.28. The summed E-state index contributed by atoms with van der Waals surface area (Å²) in [5, 5.41) is 3.17. The first-order valence-corrected chi connectivity index (χ1v) is 10.8. The molecule has 4 rings (SSSR count). The van der Waals surface area contributed by atoms with Gasteiger partial charge in [0.25, 0.3) is 0 Å². The van der Waals surface area contributed by atoms with Gasteiger partial charge >= 0.3 is 0 Å². The lowest BCUT2D eigenvalue weighted by atomic mass is 10.2. The number of carbonyl (C=O) groups excluding carboxylic acids is 1. The zero-order valence-corrected chi connectivity index (χ0v) is 17.8. The Hall–Kier alpha value is -2.93. The van der Waals surface area contributed by atoms with Gasteiger partial charge in [0.05, 0.1) is 11.0 Å². The van der Waals surface area contributed by atoms with Crippen molar-refractivity contribution in [1.29, 1.82) is 0 Å². The first kappa shape index (κ1) is 20.3. The topological polar surface area (TPSA) is 66.3 Å². The standard InChI is InChI=1S/C23H30N6O/c1-3-21-26-19-8-4-5-9-20(19)29(21)17-23(30)25-18(2)16-27-12-14-28(15-13-27)22-10-6-7-11-24-22/h4-11,18H,3,12-17H2,1-2H3,(H,25,30). The van der Waals surface area contributed by atoms with E-state index in [0.29, 0.717) is 6.54 Å². The van der Waals surface area contributed by atoms with Crippen LogP contribution in [0.3, 0.4) is 0 Å². The van der Waals surface area contributed by atoms with Gasteiger partial charge in [0.1, 0.15) is 18.2 Å². The number of hydrogen-bond acceptors (Lipinski definition) is 5. The molecule has 1 fully saturated rings. The van der Waals surface area contributed by atoms with E-state index >= 15 is 0 Å². The van der Waals surface area contributed by atoms with Crippen LogP contribution in [0.25, 0.3) is 11.0 Å². The van der Waals surface area contributed by atoms with Gasteiger partial charge < -0.3 is 14.8 Å². The zero-order chi connectivity index (χ0) is 20.9. The van der Waals surface area contributed by atoms with Crippen molar-refractivity contribution in [1.82, 2.24) is 24.8 Å². The van der Waals surface area contributed by atoms with Gasteiger partial charge in [0.15, 0.2) is 0 Å². The molecule has 30 heavy (non-hydrogen) atoms. The number of rotatable bonds is 7. The van der Waals surface area contributed by atoms with E-state index in [9.17, 15) is 4.79 Å². The summed E-state index contributed by atoms with van der Waals surface area (Å²) in [6.07, 6.45) is 2.64. The summed E-state index contributed by atoms with van der Waals surface area (Å²) in [5.74, 6) is 2.02. The van der Waals surface area contributed by atoms with Crippen LogP contribution in [-0.4, -0.2) is 64.1 Å². The summed E-state index contributed by atoms with van der Waals surface area (Å²) in [7, 11) is 0. The van der Waals surface area contributed by atoms with Gasteiger partial charge in [-0.3, -0.25) is 9.69 Å². The quantitative estimate of drug-likeness (QED) is 0.652. The van der Waals surface area contributed by atoms with Crippen molar-refractivity contribution in [2.45, 2.75) is 32.9 Å². The molecule has 3 aromatic rings. The third kappa shape index (κ3) is 4.62. The van der Waals surface area contributed by atoms with Crippen molar-refractivity contribution >= 4 is 22.8 Å². The maximum absolute atomic E-state index is 12.7. The van der Waals surface area contributed by atoms with Gasteiger partial charge in [-0.25, -0.2) is 9.97 Å². The van der Waals surface area contributed by atoms with Crippen molar-refractivity contribution in [3.63, 3.8) is 0 Å². The number of amides is 1. The highest BCUT2D eigenvalue weighted by Gasteiger charge is 2.20. The Bertz CT molecular complexity index is 978. The molecule has 7 nitrogen and oxygen atoms in total. The number of carbonyl (C=O) groups is 1. The van der Waals surface area contributed by atoms with E-state index in [-0.39, 0.29) is 11.9 Å². The molecule has 1 aliphatic rings. The van der Waals surface area contributed by atoms with Crippen molar-refractivity contribution < 1.29 is 4.79 Å². The summed E-state index contributed by atoms with van der Waals surface area (Å²) in [4.78, 5) is 26.5. The third-order valence-corrected chi connectivity index (χ3v) is 5.64. The van der Waals surface area contributed by atoms with Crippen LogP contribution in [-0.2, 0) is 17.8 Å². The van der Waals surface area contributed by atoms with Crippen LogP contribution in [0.4, 0.5) is 5.82 Å². The summed E-state index contributed by atoms with van der Waals surface area (Å²) in [6, 6.07) is 14.1. The van der Waals surface area contributed by atoms with E-state index in [1.165, 1.54) is 0 Å². The number of pyridine rings is 1. The lowest BCUT2D eigenvalue weighted by Crippen LogP contribution is -2.51. The fraction of sp³-hybridized carbons (Fsp3) is 0.435. The number of imidazole rings is 1. The molecule has 1 saturated heterocycles. The van der Waals surface area contributed by atoms with E-state index < -0.39 is 0 Å². The average Bonchev–Trinajstić information content (AvgIpc) is 3.12. The number of nitrogens with one attached hydrogen (secondary N) is 1. The summed E-state index contributed by atoms with van der Waals surface area (Å²) >= 11 is 0. The molecular formula is C23H30N6O. The molecule has 1 N–H and O–H groups in total. The second-order valence-electron chi connectivity index (χ2n) is 7.90. The minimum absolute atomic E-state index is 0.0347. The second-order valence-corrected chi connectivity index (χ2v) is 7.90. The van der Waals surface area contributed by atoms with Crippen LogP contribution < -0.4 is 10.2 Å². The molecule has 3 heterocycles. The molecule has 1 atom stereocenters. The van der Waals surface area contributed by atoms with Gasteiger partial charge in [0, 0.05) is 51.4 Å². The molecule has 7 heteroatoms. The Labute approximate surface area is 177 Å². The maximum atomic E-state index is 12.7. The molecule has 0 radical (unpaired) electrons. The van der Waals surface area contributed by atoms with E-state index in [1.807, 2.05) is 47.2 Å². The lowest BCUT2D eigenvalue weighted by molar-refractivity contribution is -0.122. The highest BCUT2D eigenvalue weighted by molar-refractivity contribution is 5.81. The highest BCUT2D eigenvalue weighted by atomic mass is 16.2. The molecular weight excluding hydrogens is 376 g/mol. The minimum Gasteiger partial charge on any atom is -0.354 e. The van der Waals surface area contributed by atoms with Gasteiger partial charge in [-0.05, 0) is 31.2 Å². The third-order valence-electron chi connectivity index (χ3n) is 5.64. The number of hydrogen-bond donors (Lipinski definition) is 1. The van der Waals surface area contributed by atoms with Crippen LogP contribution in [0.5, 0.6) is 0 Å².